The summed E-state index contributed by atoms with van der Waals surface area (Å²) in [4.78, 5) is 0. The third kappa shape index (κ3) is 3.67. The Hall–Kier alpha value is -0.820. The molecule has 0 aromatic heterocycles. The Labute approximate surface area is 93.7 Å². The highest BCUT2D eigenvalue weighted by atomic mass is 14.6. The quantitative estimate of drug-likeness (QED) is 0.784. The molecule has 0 fully saturated rings. The van der Waals surface area contributed by atoms with Crippen LogP contribution >= 0.6 is 0 Å². The Morgan fingerprint density at radius 2 is 1.80 bits per heavy atom. The van der Waals surface area contributed by atoms with Gasteiger partial charge in [0.05, 0.1) is 0 Å². The van der Waals surface area contributed by atoms with Gasteiger partial charge in [-0.25, -0.2) is 0 Å². The van der Waals surface area contributed by atoms with Crippen LogP contribution in [0.2, 0.25) is 0 Å². The van der Waals surface area contributed by atoms with Gasteiger partial charge in [-0.05, 0) is 37.3 Å². The standard InChI is InChI=1S/C14H23N/c1-4-9-14(3,11-15)10-13-7-5-12(2)6-8-13/h5-8H,4,9-11,15H2,1-3H3. The molecule has 0 spiro atoms. The molecule has 0 saturated heterocycles. The fraction of sp³-hybridized carbons (Fsp3) is 0.571. The van der Waals surface area contributed by atoms with Crippen molar-refractivity contribution < 1.29 is 0 Å². The Morgan fingerprint density at radius 3 is 2.27 bits per heavy atom. The first-order chi connectivity index (χ1) is 7.09. The summed E-state index contributed by atoms with van der Waals surface area (Å²) in [6.07, 6.45) is 3.51. The maximum absolute atomic E-state index is 5.87. The smallest absolute Gasteiger partial charge is 0.00200 e. The van der Waals surface area contributed by atoms with Gasteiger partial charge >= 0.3 is 0 Å². The lowest BCUT2D eigenvalue weighted by Gasteiger charge is -2.27. The molecule has 2 N–H and O–H groups in total. The molecule has 1 aromatic carbocycles. The van der Waals surface area contributed by atoms with Crippen LogP contribution in [-0.4, -0.2) is 6.54 Å². The van der Waals surface area contributed by atoms with Gasteiger partial charge in [0.2, 0.25) is 0 Å². The molecule has 0 saturated carbocycles. The molecule has 1 unspecified atom stereocenters. The second kappa shape index (κ2) is 5.32. The zero-order valence-corrected chi connectivity index (χ0v) is 10.2. The van der Waals surface area contributed by atoms with Crippen molar-refractivity contribution >= 4 is 0 Å². The van der Waals surface area contributed by atoms with Crippen molar-refractivity contribution in [1.29, 1.82) is 0 Å². The minimum atomic E-state index is 0.268. The first kappa shape index (κ1) is 12.3. The molecule has 1 nitrogen and oxygen atoms in total. The molecule has 1 atom stereocenters. The predicted molar refractivity (Wildman–Crippen MR) is 67.0 cm³/mol. The summed E-state index contributed by atoms with van der Waals surface area (Å²) in [7, 11) is 0. The van der Waals surface area contributed by atoms with Crippen molar-refractivity contribution in [3.63, 3.8) is 0 Å². The first-order valence-corrected chi connectivity index (χ1v) is 5.85. The maximum Gasteiger partial charge on any atom is -0.00200 e. The van der Waals surface area contributed by atoms with Gasteiger partial charge in [-0.3, -0.25) is 0 Å². The van der Waals surface area contributed by atoms with E-state index < -0.39 is 0 Å². The van der Waals surface area contributed by atoms with E-state index in [0.717, 1.165) is 13.0 Å². The molecule has 1 rings (SSSR count). The van der Waals surface area contributed by atoms with Crippen LogP contribution in [0.1, 0.15) is 37.8 Å². The molecular weight excluding hydrogens is 182 g/mol. The summed E-state index contributed by atoms with van der Waals surface area (Å²) >= 11 is 0. The number of nitrogens with two attached hydrogens (primary N) is 1. The van der Waals surface area contributed by atoms with Gasteiger partial charge in [0.25, 0.3) is 0 Å². The molecule has 1 heteroatoms. The van der Waals surface area contributed by atoms with Crippen molar-refractivity contribution in [2.24, 2.45) is 11.1 Å². The largest absolute Gasteiger partial charge is 0.330 e. The Balaban J connectivity index is 2.70. The van der Waals surface area contributed by atoms with E-state index in [-0.39, 0.29) is 5.41 Å². The molecule has 0 bridgehead atoms. The fourth-order valence-electron chi connectivity index (χ4n) is 2.06. The highest BCUT2D eigenvalue weighted by Crippen LogP contribution is 2.26. The molecule has 1 aromatic rings. The van der Waals surface area contributed by atoms with Crippen LogP contribution in [0.5, 0.6) is 0 Å². The van der Waals surface area contributed by atoms with Crippen LogP contribution in [0, 0.1) is 12.3 Å². The van der Waals surface area contributed by atoms with E-state index in [1.54, 1.807) is 0 Å². The van der Waals surface area contributed by atoms with E-state index in [9.17, 15) is 0 Å². The topological polar surface area (TPSA) is 26.0 Å². The van der Waals surface area contributed by atoms with Crippen molar-refractivity contribution in [1.82, 2.24) is 0 Å². The highest BCUT2D eigenvalue weighted by Gasteiger charge is 2.21. The van der Waals surface area contributed by atoms with Gasteiger partial charge < -0.3 is 5.73 Å². The van der Waals surface area contributed by atoms with E-state index in [2.05, 4.69) is 45.0 Å². The molecule has 15 heavy (non-hydrogen) atoms. The van der Waals surface area contributed by atoms with Crippen molar-refractivity contribution in [3.8, 4) is 0 Å². The predicted octanol–water partition coefficient (Wildman–Crippen LogP) is 3.30. The van der Waals surface area contributed by atoms with E-state index in [4.69, 9.17) is 5.73 Å². The van der Waals surface area contributed by atoms with Gasteiger partial charge in [0.15, 0.2) is 0 Å². The van der Waals surface area contributed by atoms with Crippen molar-refractivity contribution in [2.75, 3.05) is 6.54 Å². The third-order valence-corrected chi connectivity index (χ3v) is 3.10. The average Bonchev–Trinajstić information content (AvgIpc) is 2.22. The molecule has 0 amide bonds. The first-order valence-electron chi connectivity index (χ1n) is 5.85. The number of aryl methyl sites for hydroxylation is 1. The maximum atomic E-state index is 5.87. The Morgan fingerprint density at radius 1 is 1.20 bits per heavy atom. The van der Waals surface area contributed by atoms with Gasteiger partial charge in [0, 0.05) is 0 Å². The third-order valence-electron chi connectivity index (χ3n) is 3.10. The van der Waals surface area contributed by atoms with Crippen LogP contribution in [0.4, 0.5) is 0 Å². The summed E-state index contributed by atoms with van der Waals surface area (Å²) in [6, 6.07) is 8.80. The molecule has 0 aliphatic rings. The van der Waals surface area contributed by atoms with E-state index in [0.29, 0.717) is 0 Å². The van der Waals surface area contributed by atoms with Crippen LogP contribution in [0.25, 0.3) is 0 Å². The van der Waals surface area contributed by atoms with Crippen molar-refractivity contribution in [3.05, 3.63) is 35.4 Å². The summed E-state index contributed by atoms with van der Waals surface area (Å²) in [5.74, 6) is 0. The second-order valence-electron chi connectivity index (χ2n) is 4.93. The lowest BCUT2D eigenvalue weighted by Crippen LogP contribution is -2.29. The molecule has 0 aliphatic carbocycles. The number of hydrogen-bond donors (Lipinski definition) is 1. The van der Waals surface area contributed by atoms with Crippen LogP contribution in [0.3, 0.4) is 0 Å². The SMILES string of the molecule is CCCC(C)(CN)Cc1ccc(C)cc1. The van der Waals surface area contributed by atoms with Crippen LogP contribution < -0.4 is 5.73 Å². The van der Waals surface area contributed by atoms with Gasteiger partial charge in [-0.2, -0.15) is 0 Å². The lowest BCUT2D eigenvalue weighted by molar-refractivity contribution is 0.302. The Bertz CT molecular complexity index is 289. The Kier molecular flexibility index (Phi) is 4.34. The minimum Gasteiger partial charge on any atom is -0.330 e. The number of hydrogen-bond acceptors (Lipinski definition) is 1. The monoisotopic (exact) mass is 205 g/mol. The molecule has 0 radical (unpaired) electrons. The summed E-state index contributed by atoms with van der Waals surface area (Å²) in [5.41, 5.74) is 8.87. The van der Waals surface area contributed by atoms with Gasteiger partial charge in [0.1, 0.15) is 0 Å². The number of benzene rings is 1. The molecular formula is C14H23N. The minimum absolute atomic E-state index is 0.268. The zero-order chi connectivity index (χ0) is 11.3. The average molecular weight is 205 g/mol. The van der Waals surface area contributed by atoms with Crippen molar-refractivity contribution in [2.45, 2.75) is 40.0 Å². The van der Waals surface area contributed by atoms with Gasteiger partial charge in [-0.1, -0.05) is 50.1 Å². The van der Waals surface area contributed by atoms with Crippen LogP contribution in [-0.2, 0) is 6.42 Å². The fourth-order valence-corrected chi connectivity index (χ4v) is 2.06. The molecule has 0 aliphatic heterocycles. The zero-order valence-electron chi connectivity index (χ0n) is 10.2. The number of rotatable bonds is 5. The normalized spacial score (nSPS) is 14.9. The highest BCUT2D eigenvalue weighted by molar-refractivity contribution is 5.22. The van der Waals surface area contributed by atoms with E-state index in [1.165, 1.54) is 24.0 Å². The molecule has 0 heterocycles. The second-order valence-corrected chi connectivity index (χ2v) is 4.93. The summed E-state index contributed by atoms with van der Waals surface area (Å²) in [5, 5.41) is 0. The summed E-state index contributed by atoms with van der Waals surface area (Å²) < 4.78 is 0. The van der Waals surface area contributed by atoms with E-state index >= 15 is 0 Å². The van der Waals surface area contributed by atoms with Crippen LogP contribution in [0.15, 0.2) is 24.3 Å². The summed E-state index contributed by atoms with van der Waals surface area (Å²) in [6.45, 7) is 7.41. The lowest BCUT2D eigenvalue weighted by atomic mass is 9.80. The van der Waals surface area contributed by atoms with E-state index in [1.807, 2.05) is 0 Å². The van der Waals surface area contributed by atoms with Gasteiger partial charge in [-0.15, -0.1) is 0 Å². The molecule has 84 valence electrons.